The molecule has 0 saturated carbocycles. The van der Waals surface area contributed by atoms with Crippen LogP contribution in [0.1, 0.15) is 17.5 Å². The Balaban J connectivity index is 1.57. The van der Waals surface area contributed by atoms with Gasteiger partial charge >= 0.3 is 0 Å². The van der Waals surface area contributed by atoms with E-state index >= 15 is 0 Å². The summed E-state index contributed by atoms with van der Waals surface area (Å²) < 4.78 is 30.2. The van der Waals surface area contributed by atoms with Gasteiger partial charge in [0, 0.05) is 18.7 Å². The number of hydrogen-bond acceptors (Lipinski definition) is 4. The molecule has 2 aromatic carbocycles. The summed E-state index contributed by atoms with van der Waals surface area (Å²) in [5, 5.41) is 0. The van der Waals surface area contributed by atoms with Gasteiger partial charge < -0.3 is 14.2 Å². The zero-order chi connectivity index (χ0) is 18.2. The van der Waals surface area contributed by atoms with E-state index in [2.05, 4.69) is 17.0 Å². The molecule has 0 unspecified atom stereocenters. The van der Waals surface area contributed by atoms with E-state index in [9.17, 15) is 4.39 Å². The van der Waals surface area contributed by atoms with Gasteiger partial charge in [-0.1, -0.05) is 18.2 Å². The fourth-order valence-corrected chi connectivity index (χ4v) is 3.15. The van der Waals surface area contributed by atoms with Gasteiger partial charge in [0.25, 0.3) is 0 Å². The van der Waals surface area contributed by atoms with Crippen molar-refractivity contribution < 1.29 is 18.6 Å². The average molecular weight is 359 g/mol. The van der Waals surface area contributed by atoms with Crippen molar-refractivity contribution in [2.45, 2.75) is 19.4 Å². The summed E-state index contributed by atoms with van der Waals surface area (Å²) in [6.07, 6.45) is 2.09. The maximum atomic E-state index is 13.7. The molecule has 1 fully saturated rings. The number of benzene rings is 2. The molecule has 0 aromatic heterocycles. The third kappa shape index (κ3) is 5.19. The fraction of sp³-hybridized carbons (Fsp3) is 0.429. The van der Waals surface area contributed by atoms with Crippen LogP contribution < -0.4 is 9.47 Å². The van der Waals surface area contributed by atoms with Crippen molar-refractivity contribution in [1.82, 2.24) is 4.90 Å². The number of hydrogen-bond donors (Lipinski definition) is 0. The fourth-order valence-electron chi connectivity index (χ4n) is 3.15. The topological polar surface area (TPSA) is 30.9 Å². The number of methoxy groups -OCH3 is 1. The maximum Gasteiger partial charge on any atom is 0.165 e. The second kappa shape index (κ2) is 9.55. The number of nitrogens with zero attached hydrogens (tertiary/aromatic N) is 1. The largest absolute Gasteiger partial charge is 0.496 e. The molecular weight excluding hydrogens is 333 g/mol. The van der Waals surface area contributed by atoms with E-state index in [-0.39, 0.29) is 18.2 Å². The number of ether oxygens (including phenoxy) is 3. The zero-order valence-corrected chi connectivity index (χ0v) is 15.2. The minimum atomic E-state index is -0.354. The van der Waals surface area contributed by atoms with Gasteiger partial charge in [-0.15, -0.1) is 0 Å². The number of morpholine rings is 1. The summed E-state index contributed by atoms with van der Waals surface area (Å²) in [4.78, 5) is 2.44. The molecule has 26 heavy (non-hydrogen) atoms. The Morgan fingerprint density at radius 3 is 2.65 bits per heavy atom. The van der Waals surface area contributed by atoms with Gasteiger partial charge in [0.15, 0.2) is 11.6 Å². The van der Waals surface area contributed by atoms with E-state index in [1.54, 1.807) is 25.3 Å². The van der Waals surface area contributed by atoms with Crippen molar-refractivity contribution in [3.63, 3.8) is 0 Å². The van der Waals surface area contributed by atoms with E-state index in [1.807, 2.05) is 6.07 Å². The molecule has 0 radical (unpaired) electrons. The van der Waals surface area contributed by atoms with E-state index in [4.69, 9.17) is 14.2 Å². The molecule has 1 saturated heterocycles. The Kier molecular flexibility index (Phi) is 6.86. The third-order valence-corrected chi connectivity index (χ3v) is 4.61. The van der Waals surface area contributed by atoms with Crippen LogP contribution in [0.5, 0.6) is 11.5 Å². The van der Waals surface area contributed by atoms with Crippen LogP contribution in [0.15, 0.2) is 42.5 Å². The Labute approximate surface area is 154 Å². The van der Waals surface area contributed by atoms with Crippen LogP contribution in [0.4, 0.5) is 4.39 Å². The lowest BCUT2D eigenvalue weighted by Crippen LogP contribution is -2.36. The first kappa shape index (κ1) is 18.7. The molecule has 2 aromatic rings. The first-order chi connectivity index (χ1) is 12.8. The molecule has 3 rings (SSSR count). The lowest BCUT2D eigenvalue weighted by molar-refractivity contribution is 0.0374. The molecular formula is C21H26FNO3. The molecule has 0 N–H and O–H groups in total. The average Bonchev–Trinajstić information content (AvgIpc) is 2.68. The monoisotopic (exact) mass is 359 g/mol. The van der Waals surface area contributed by atoms with Crippen LogP contribution >= 0.6 is 0 Å². The van der Waals surface area contributed by atoms with Crippen LogP contribution in [0, 0.1) is 5.82 Å². The predicted molar refractivity (Wildman–Crippen MR) is 99.3 cm³/mol. The van der Waals surface area contributed by atoms with Crippen LogP contribution in [0.2, 0.25) is 0 Å². The highest BCUT2D eigenvalue weighted by atomic mass is 19.1. The maximum absolute atomic E-state index is 13.7. The first-order valence-electron chi connectivity index (χ1n) is 9.09. The van der Waals surface area contributed by atoms with E-state index < -0.39 is 0 Å². The molecule has 5 heteroatoms. The van der Waals surface area contributed by atoms with E-state index in [0.29, 0.717) is 0 Å². The van der Waals surface area contributed by atoms with Gasteiger partial charge in [0.2, 0.25) is 0 Å². The summed E-state index contributed by atoms with van der Waals surface area (Å²) in [5.41, 5.74) is 2.17. The second-order valence-electron chi connectivity index (χ2n) is 6.42. The first-order valence-corrected chi connectivity index (χ1v) is 9.09. The number of halogens is 1. The molecule has 1 heterocycles. The molecule has 0 spiro atoms. The second-order valence-corrected chi connectivity index (χ2v) is 6.42. The lowest BCUT2D eigenvalue weighted by Gasteiger charge is -2.26. The Bertz CT molecular complexity index is 701. The number of aryl methyl sites for hydroxylation is 1. The predicted octanol–water partition coefficient (Wildman–Crippen LogP) is 3.68. The van der Waals surface area contributed by atoms with Crippen molar-refractivity contribution in [1.29, 1.82) is 0 Å². The highest BCUT2D eigenvalue weighted by Crippen LogP contribution is 2.24. The van der Waals surface area contributed by atoms with Crippen LogP contribution in [0.3, 0.4) is 0 Å². The van der Waals surface area contributed by atoms with Gasteiger partial charge in [-0.25, -0.2) is 4.39 Å². The molecule has 0 bridgehead atoms. The summed E-state index contributed by atoms with van der Waals surface area (Å²) in [6, 6.07) is 12.6. The Morgan fingerprint density at radius 1 is 1.08 bits per heavy atom. The van der Waals surface area contributed by atoms with Crippen molar-refractivity contribution >= 4 is 0 Å². The van der Waals surface area contributed by atoms with Crippen molar-refractivity contribution in [3.05, 3.63) is 59.4 Å². The van der Waals surface area contributed by atoms with Crippen LogP contribution in [-0.2, 0) is 17.8 Å². The number of rotatable bonds is 8. The zero-order valence-electron chi connectivity index (χ0n) is 15.2. The van der Waals surface area contributed by atoms with Gasteiger partial charge in [0.1, 0.15) is 12.4 Å². The summed E-state index contributed by atoms with van der Waals surface area (Å²) in [7, 11) is 1.64. The lowest BCUT2D eigenvalue weighted by atomic mass is 10.1. The molecule has 0 atom stereocenters. The van der Waals surface area contributed by atoms with Gasteiger partial charge in [-0.3, -0.25) is 4.90 Å². The smallest absolute Gasteiger partial charge is 0.165 e. The van der Waals surface area contributed by atoms with E-state index in [1.165, 1.54) is 11.6 Å². The van der Waals surface area contributed by atoms with Crippen LogP contribution in [0.25, 0.3) is 0 Å². The molecule has 1 aliphatic heterocycles. The van der Waals surface area contributed by atoms with E-state index in [0.717, 1.165) is 57.0 Å². The molecule has 0 amide bonds. The minimum absolute atomic E-state index is 0.257. The minimum Gasteiger partial charge on any atom is -0.496 e. The standard InChI is InChI=1S/C21H26FNO3/c1-24-20-9-8-17(5-4-10-23-11-13-25-14-12-23)15-18(20)16-26-21-7-3-2-6-19(21)22/h2-3,6-9,15H,4-5,10-14,16H2,1H3. The molecule has 140 valence electrons. The van der Waals surface area contributed by atoms with Gasteiger partial charge in [-0.2, -0.15) is 0 Å². The summed E-state index contributed by atoms with van der Waals surface area (Å²) in [5.74, 6) is 0.665. The SMILES string of the molecule is COc1ccc(CCCN2CCOCC2)cc1COc1ccccc1F. The van der Waals surface area contributed by atoms with Crippen LogP contribution in [-0.4, -0.2) is 44.9 Å². The van der Waals surface area contributed by atoms with Gasteiger partial charge in [0.05, 0.1) is 20.3 Å². The highest BCUT2D eigenvalue weighted by molar-refractivity contribution is 5.37. The Morgan fingerprint density at radius 2 is 1.88 bits per heavy atom. The molecule has 4 nitrogen and oxygen atoms in total. The summed E-state index contributed by atoms with van der Waals surface area (Å²) >= 11 is 0. The number of para-hydroxylation sites is 1. The Hall–Kier alpha value is -2.11. The molecule has 1 aliphatic rings. The van der Waals surface area contributed by atoms with Crippen molar-refractivity contribution in [2.75, 3.05) is 40.0 Å². The normalized spacial score (nSPS) is 15.0. The third-order valence-electron chi connectivity index (χ3n) is 4.61. The quantitative estimate of drug-likeness (QED) is 0.719. The molecule has 0 aliphatic carbocycles. The van der Waals surface area contributed by atoms with Gasteiger partial charge in [-0.05, 0) is 49.2 Å². The highest BCUT2D eigenvalue weighted by Gasteiger charge is 2.11. The van der Waals surface area contributed by atoms with Crippen molar-refractivity contribution in [3.8, 4) is 11.5 Å². The summed E-state index contributed by atoms with van der Waals surface area (Å²) in [6.45, 7) is 5.06. The van der Waals surface area contributed by atoms with Crippen molar-refractivity contribution in [2.24, 2.45) is 0 Å².